The van der Waals surface area contributed by atoms with Crippen LogP contribution in [0.2, 0.25) is 5.02 Å². The molecule has 0 aliphatic rings. The van der Waals surface area contributed by atoms with E-state index < -0.39 is 0 Å². The molecule has 0 aliphatic carbocycles. The van der Waals surface area contributed by atoms with Crippen LogP contribution in [0.4, 0.5) is 5.69 Å². The smallest absolute Gasteiger partial charge is 0.253 e. The summed E-state index contributed by atoms with van der Waals surface area (Å²) in [5.41, 5.74) is 1.37. The average molecular weight is 299 g/mol. The summed E-state index contributed by atoms with van der Waals surface area (Å²) in [7, 11) is 0. The van der Waals surface area contributed by atoms with Crippen LogP contribution >= 0.6 is 11.6 Å². The van der Waals surface area contributed by atoms with E-state index in [1.807, 2.05) is 19.9 Å². The first-order valence-corrected chi connectivity index (χ1v) is 7.39. The van der Waals surface area contributed by atoms with Crippen molar-refractivity contribution in [1.29, 1.82) is 0 Å². The number of benzene rings is 1. The first-order valence-electron chi connectivity index (χ1n) is 7.01. The third-order valence-corrected chi connectivity index (χ3v) is 3.03. The summed E-state index contributed by atoms with van der Waals surface area (Å²) in [5, 5.41) is 6.65. The van der Waals surface area contributed by atoms with Gasteiger partial charge in [-0.25, -0.2) is 0 Å². The number of ether oxygens (including phenoxy) is 1. The van der Waals surface area contributed by atoms with E-state index in [9.17, 15) is 4.79 Å². The van der Waals surface area contributed by atoms with Gasteiger partial charge in [0.05, 0.1) is 11.7 Å². The second kappa shape index (κ2) is 8.82. The van der Waals surface area contributed by atoms with Gasteiger partial charge in [0.25, 0.3) is 5.91 Å². The Bertz CT molecular complexity index is 438. The first kappa shape index (κ1) is 16.8. The Labute approximate surface area is 125 Å². The number of anilines is 1. The number of hydrogen-bond donors (Lipinski definition) is 2. The molecule has 0 aliphatic heterocycles. The average Bonchev–Trinajstić information content (AvgIpc) is 2.43. The summed E-state index contributed by atoms with van der Waals surface area (Å²) >= 11 is 5.97. The summed E-state index contributed by atoms with van der Waals surface area (Å²) in [5.74, 6) is -0.141. The molecule has 0 spiro atoms. The van der Waals surface area contributed by atoms with Gasteiger partial charge in [-0.2, -0.15) is 0 Å². The molecule has 0 saturated heterocycles. The van der Waals surface area contributed by atoms with Crippen molar-refractivity contribution in [1.82, 2.24) is 5.32 Å². The van der Waals surface area contributed by atoms with Crippen LogP contribution in [0.3, 0.4) is 0 Å². The van der Waals surface area contributed by atoms with Gasteiger partial charge in [0.1, 0.15) is 0 Å². The number of carbonyl (C=O) groups excluding carboxylic acids is 1. The summed E-state index contributed by atoms with van der Waals surface area (Å²) < 4.78 is 5.39. The molecular formula is C15H23ClN2O2. The van der Waals surface area contributed by atoms with Crippen molar-refractivity contribution < 1.29 is 9.53 Å². The molecule has 0 fully saturated rings. The number of amides is 1. The minimum Gasteiger partial charge on any atom is -0.384 e. The van der Waals surface area contributed by atoms with Gasteiger partial charge in [-0.1, -0.05) is 18.5 Å². The van der Waals surface area contributed by atoms with Gasteiger partial charge in [0.15, 0.2) is 0 Å². The Morgan fingerprint density at radius 2 is 2.15 bits per heavy atom. The highest BCUT2D eigenvalue weighted by atomic mass is 35.5. The lowest BCUT2D eigenvalue weighted by atomic mass is 10.1. The van der Waals surface area contributed by atoms with E-state index in [4.69, 9.17) is 16.3 Å². The van der Waals surface area contributed by atoms with Crippen molar-refractivity contribution in [3.8, 4) is 0 Å². The second-order valence-corrected chi connectivity index (χ2v) is 5.03. The third kappa shape index (κ3) is 5.39. The van der Waals surface area contributed by atoms with E-state index in [1.165, 1.54) is 0 Å². The van der Waals surface area contributed by atoms with Crippen LogP contribution in [-0.4, -0.2) is 31.7 Å². The van der Waals surface area contributed by atoms with E-state index in [0.717, 1.165) is 18.7 Å². The zero-order valence-electron chi connectivity index (χ0n) is 12.3. The molecule has 2 N–H and O–H groups in total. The molecule has 0 saturated carbocycles. The highest BCUT2D eigenvalue weighted by molar-refractivity contribution is 6.31. The largest absolute Gasteiger partial charge is 0.384 e. The molecule has 1 aromatic rings. The zero-order valence-corrected chi connectivity index (χ0v) is 13.1. The third-order valence-electron chi connectivity index (χ3n) is 2.79. The lowest BCUT2D eigenvalue weighted by Crippen LogP contribution is -2.32. The van der Waals surface area contributed by atoms with Crippen LogP contribution in [0.25, 0.3) is 0 Å². The second-order valence-electron chi connectivity index (χ2n) is 4.59. The van der Waals surface area contributed by atoms with Crippen LogP contribution < -0.4 is 10.6 Å². The topological polar surface area (TPSA) is 50.4 Å². The number of carbonyl (C=O) groups is 1. The van der Waals surface area contributed by atoms with Crippen molar-refractivity contribution in [3.05, 3.63) is 28.8 Å². The van der Waals surface area contributed by atoms with Gasteiger partial charge >= 0.3 is 0 Å². The minimum atomic E-state index is -0.141. The van der Waals surface area contributed by atoms with E-state index in [2.05, 4.69) is 17.6 Å². The summed E-state index contributed by atoms with van der Waals surface area (Å²) in [6.07, 6.45) is 0.987. The molecule has 0 heterocycles. The van der Waals surface area contributed by atoms with Gasteiger partial charge < -0.3 is 15.4 Å². The Kier molecular flexibility index (Phi) is 7.41. The zero-order chi connectivity index (χ0) is 15.0. The van der Waals surface area contributed by atoms with E-state index >= 15 is 0 Å². The van der Waals surface area contributed by atoms with Gasteiger partial charge in [0, 0.05) is 30.4 Å². The van der Waals surface area contributed by atoms with Crippen LogP contribution in [0.15, 0.2) is 18.2 Å². The Morgan fingerprint density at radius 3 is 2.80 bits per heavy atom. The van der Waals surface area contributed by atoms with E-state index in [-0.39, 0.29) is 12.0 Å². The lowest BCUT2D eigenvalue weighted by Gasteiger charge is -2.15. The van der Waals surface area contributed by atoms with Crippen molar-refractivity contribution in [2.45, 2.75) is 33.3 Å². The molecule has 0 radical (unpaired) electrons. The number of halogens is 1. The predicted octanol–water partition coefficient (Wildman–Crippen LogP) is 3.32. The maximum atomic E-state index is 12.2. The van der Waals surface area contributed by atoms with Crippen LogP contribution in [0.5, 0.6) is 0 Å². The summed E-state index contributed by atoms with van der Waals surface area (Å²) in [4.78, 5) is 12.2. The number of nitrogens with one attached hydrogen (secondary N) is 2. The molecule has 1 rings (SSSR count). The Hall–Kier alpha value is -1.26. The molecule has 1 aromatic carbocycles. The fourth-order valence-corrected chi connectivity index (χ4v) is 1.97. The SMILES string of the molecule is CCCNc1ccc(Cl)cc1C(=O)NCC(C)OCC. The van der Waals surface area contributed by atoms with Gasteiger partial charge in [-0.05, 0) is 38.5 Å². The number of hydrogen-bond acceptors (Lipinski definition) is 3. The molecule has 4 nitrogen and oxygen atoms in total. The van der Waals surface area contributed by atoms with Crippen LogP contribution in [0.1, 0.15) is 37.6 Å². The van der Waals surface area contributed by atoms with E-state index in [1.54, 1.807) is 12.1 Å². The van der Waals surface area contributed by atoms with Crippen molar-refractivity contribution in [2.24, 2.45) is 0 Å². The van der Waals surface area contributed by atoms with Crippen molar-refractivity contribution in [2.75, 3.05) is 25.0 Å². The molecular weight excluding hydrogens is 276 g/mol. The normalized spacial score (nSPS) is 12.0. The van der Waals surface area contributed by atoms with Crippen molar-refractivity contribution in [3.63, 3.8) is 0 Å². The Balaban J connectivity index is 2.72. The number of rotatable bonds is 8. The molecule has 1 atom stereocenters. The summed E-state index contributed by atoms with van der Waals surface area (Å²) in [6, 6.07) is 5.29. The molecule has 0 bridgehead atoms. The fraction of sp³-hybridized carbons (Fsp3) is 0.533. The lowest BCUT2D eigenvalue weighted by molar-refractivity contribution is 0.0695. The predicted molar refractivity (Wildman–Crippen MR) is 83.7 cm³/mol. The Morgan fingerprint density at radius 1 is 1.40 bits per heavy atom. The van der Waals surface area contributed by atoms with Gasteiger partial charge in [0.2, 0.25) is 0 Å². The molecule has 5 heteroatoms. The van der Waals surface area contributed by atoms with Gasteiger partial charge in [-0.15, -0.1) is 0 Å². The first-order chi connectivity index (χ1) is 9.58. The molecule has 20 heavy (non-hydrogen) atoms. The maximum Gasteiger partial charge on any atom is 0.253 e. The van der Waals surface area contributed by atoms with E-state index in [0.29, 0.717) is 23.7 Å². The molecule has 112 valence electrons. The quantitative estimate of drug-likeness (QED) is 0.774. The van der Waals surface area contributed by atoms with Crippen molar-refractivity contribution >= 4 is 23.2 Å². The van der Waals surface area contributed by atoms with Gasteiger partial charge in [-0.3, -0.25) is 4.79 Å². The fourth-order valence-electron chi connectivity index (χ4n) is 1.79. The van der Waals surface area contributed by atoms with Crippen LogP contribution in [0, 0.1) is 0 Å². The highest BCUT2D eigenvalue weighted by Gasteiger charge is 2.13. The highest BCUT2D eigenvalue weighted by Crippen LogP contribution is 2.20. The monoisotopic (exact) mass is 298 g/mol. The standard InChI is InChI=1S/C15H23ClN2O2/c1-4-8-17-14-7-6-12(16)9-13(14)15(19)18-10-11(3)20-5-2/h6-7,9,11,17H,4-5,8,10H2,1-3H3,(H,18,19). The molecule has 1 amide bonds. The maximum absolute atomic E-state index is 12.2. The minimum absolute atomic E-state index is 0.00446. The molecule has 1 unspecified atom stereocenters. The van der Waals surface area contributed by atoms with Crippen LogP contribution in [-0.2, 0) is 4.74 Å². The molecule has 0 aromatic heterocycles. The summed E-state index contributed by atoms with van der Waals surface area (Å²) in [6.45, 7) is 7.87.